The van der Waals surface area contributed by atoms with Gasteiger partial charge in [-0.05, 0) is 38.5 Å². The Morgan fingerprint density at radius 2 is 1.68 bits per heavy atom. The van der Waals surface area contributed by atoms with E-state index < -0.39 is 13.9 Å². The topological polar surface area (TPSA) is 82.1 Å². The van der Waals surface area contributed by atoms with Gasteiger partial charge in [0.15, 0.2) is 0 Å². The quantitative estimate of drug-likeness (QED) is 0.147. The van der Waals surface area contributed by atoms with Crippen molar-refractivity contribution in [2.24, 2.45) is 0 Å². The van der Waals surface area contributed by atoms with E-state index >= 15 is 0 Å². The van der Waals surface area contributed by atoms with Crippen molar-refractivity contribution in [2.45, 2.75) is 90.1 Å². The van der Waals surface area contributed by atoms with Crippen LogP contribution in [0.5, 0.6) is 0 Å². The SMILES string of the molecule is CCCCCC=CCC=CCCCCCCCC(=O)OCC1COP(=O)(O)O1. The highest BCUT2D eigenvalue weighted by molar-refractivity contribution is 7.47. The van der Waals surface area contributed by atoms with Gasteiger partial charge in [0.05, 0.1) is 6.61 Å². The minimum atomic E-state index is -3.91. The van der Waals surface area contributed by atoms with Crippen LogP contribution in [0.15, 0.2) is 24.3 Å². The van der Waals surface area contributed by atoms with Crippen LogP contribution in [-0.4, -0.2) is 30.2 Å². The maximum Gasteiger partial charge on any atom is 0.472 e. The van der Waals surface area contributed by atoms with Gasteiger partial charge in [-0.25, -0.2) is 4.57 Å². The highest BCUT2D eigenvalue weighted by Crippen LogP contribution is 2.49. The summed E-state index contributed by atoms with van der Waals surface area (Å²) in [5.74, 6) is -0.297. The molecule has 1 fully saturated rings. The molecule has 7 heteroatoms. The summed E-state index contributed by atoms with van der Waals surface area (Å²) in [5.41, 5.74) is 0. The van der Waals surface area contributed by atoms with Crippen LogP contribution in [0.3, 0.4) is 0 Å². The van der Waals surface area contributed by atoms with Crippen LogP contribution in [0.2, 0.25) is 0 Å². The Hall–Kier alpha value is -0.940. The van der Waals surface area contributed by atoms with E-state index in [2.05, 4.69) is 35.8 Å². The van der Waals surface area contributed by atoms with E-state index in [-0.39, 0.29) is 19.2 Å². The Kier molecular flexibility index (Phi) is 14.3. The highest BCUT2D eigenvalue weighted by atomic mass is 31.2. The molecule has 0 radical (unpaired) electrons. The highest BCUT2D eigenvalue weighted by Gasteiger charge is 2.35. The lowest BCUT2D eigenvalue weighted by atomic mass is 10.1. The number of hydrogen-bond acceptors (Lipinski definition) is 5. The third kappa shape index (κ3) is 14.1. The van der Waals surface area contributed by atoms with Crippen LogP contribution in [0.4, 0.5) is 0 Å². The molecular formula is C21H37O6P. The molecule has 0 aliphatic carbocycles. The molecule has 6 nitrogen and oxygen atoms in total. The summed E-state index contributed by atoms with van der Waals surface area (Å²) in [6, 6.07) is 0. The zero-order valence-corrected chi connectivity index (χ0v) is 18.1. The summed E-state index contributed by atoms with van der Waals surface area (Å²) >= 11 is 0. The number of carbonyl (C=O) groups excluding carboxylic acids is 1. The summed E-state index contributed by atoms with van der Waals surface area (Å²) in [6.45, 7) is 2.17. The van der Waals surface area contributed by atoms with Crippen molar-refractivity contribution in [3.05, 3.63) is 24.3 Å². The summed E-state index contributed by atoms with van der Waals surface area (Å²) in [6.07, 6.45) is 21.3. The smallest absolute Gasteiger partial charge is 0.463 e. The molecule has 1 aliphatic heterocycles. The summed E-state index contributed by atoms with van der Waals surface area (Å²) in [5, 5.41) is 0. The Labute approximate surface area is 169 Å². The van der Waals surface area contributed by atoms with E-state index in [1.807, 2.05) is 0 Å². The number of unbranched alkanes of at least 4 members (excludes halogenated alkanes) is 8. The van der Waals surface area contributed by atoms with Crippen LogP contribution >= 0.6 is 7.82 Å². The summed E-state index contributed by atoms with van der Waals surface area (Å²) in [4.78, 5) is 20.7. The van der Waals surface area contributed by atoms with E-state index in [1.165, 1.54) is 38.5 Å². The van der Waals surface area contributed by atoms with Crippen molar-refractivity contribution in [3.8, 4) is 0 Å². The average Bonchev–Trinajstić information content (AvgIpc) is 3.02. The van der Waals surface area contributed by atoms with Gasteiger partial charge in [-0.2, -0.15) is 0 Å². The van der Waals surface area contributed by atoms with Crippen molar-refractivity contribution in [1.29, 1.82) is 0 Å². The van der Waals surface area contributed by atoms with E-state index in [1.54, 1.807) is 0 Å². The lowest BCUT2D eigenvalue weighted by Gasteiger charge is -2.08. The van der Waals surface area contributed by atoms with Crippen LogP contribution in [0.1, 0.15) is 84.0 Å². The van der Waals surface area contributed by atoms with Gasteiger partial charge >= 0.3 is 13.8 Å². The van der Waals surface area contributed by atoms with Gasteiger partial charge in [-0.1, -0.05) is 63.3 Å². The predicted molar refractivity (Wildman–Crippen MR) is 111 cm³/mol. The average molecular weight is 416 g/mol. The molecule has 1 aliphatic rings. The maximum atomic E-state index is 11.6. The molecule has 0 aromatic heterocycles. The number of ether oxygens (including phenoxy) is 1. The fourth-order valence-corrected chi connectivity index (χ4v) is 3.76. The Morgan fingerprint density at radius 1 is 1.04 bits per heavy atom. The molecule has 1 N–H and O–H groups in total. The van der Waals surface area contributed by atoms with Gasteiger partial charge in [0.25, 0.3) is 0 Å². The summed E-state index contributed by atoms with van der Waals surface area (Å²) < 4.78 is 25.4. The first-order valence-corrected chi connectivity index (χ1v) is 12.1. The minimum Gasteiger partial charge on any atom is -0.463 e. The lowest BCUT2D eigenvalue weighted by Crippen LogP contribution is -2.20. The summed E-state index contributed by atoms with van der Waals surface area (Å²) in [7, 11) is -3.91. The molecule has 28 heavy (non-hydrogen) atoms. The maximum absolute atomic E-state index is 11.6. The van der Waals surface area contributed by atoms with E-state index in [0.29, 0.717) is 6.42 Å². The molecule has 0 aromatic carbocycles. The third-order valence-electron chi connectivity index (χ3n) is 4.47. The Balaban J connectivity index is 1.85. The molecule has 0 bridgehead atoms. The molecule has 0 saturated carbocycles. The molecule has 1 saturated heterocycles. The zero-order chi connectivity index (χ0) is 20.5. The van der Waals surface area contributed by atoms with Crippen LogP contribution < -0.4 is 0 Å². The van der Waals surface area contributed by atoms with Crippen LogP contribution in [0.25, 0.3) is 0 Å². The molecule has 2 unspecified atom stereocenters. The van der Waals surface area contributed by atoms with Crippen molar-refractivity contribution < 1.29 is 28.0 Å². The first-order valence-electron chi connectivity index (χ1n) is 10.6. The molecule has 2 atom stereocenters. The molecule has 0 aromatic rings. The number of allylic oxidation sites excluding steroid dienone is 4. The van der Waals surface area contributed by atoms with Crippen molar-refractivity contribution in [2.75, 3.05) is 13.2 Å². The second kappa shape index (κ2) is 15.9. The Morgan fingerprint density at radius 3 is 2.32 bits per heavy atom. The number of phosphoric acid groups is 1. The van der Waals surface area contributed by atoms with Crippen molar-refractivity contribution >= 4 is 13.8 Å². The number of carbonyl (C=O) groups is 1. The molecule has 0 spiro atoms. The second-order valence-electron chi connectivity index (χ2n) is 7.16. The molecular weight excluding hydrogens is 379 g/mol. The monoisotopic (exact) mass is 416 g/mol. The molecule has 162 valence electrons. The fraction of sp³-hybridized carbons (Fsp3) is 0.762. The van der Waals surface area contributed by atoms with Gasteiger partial charge in [0, 0.05) is 6.42 Å². The van der Waals surface area contributed by atoms with Gasteiger partial charge in [-0.3, -0.25) is 13.8 Å². The molecule has 1 rings (SSSR count). The normalized spacial score (nSPS) is 22.4. The van der Waals surface area contributed by atoms with E-state index in [4.69, 9.17) is 14.2 Å². The number of phosphoric ester groups is 1. The largest absolute Gasteiger partial charge is 0.472 e. The standard InChI is InChI=1S/C21H37O6P/c1-2-3-4-5-6-7-8-9-10-11-12-13-14-15-16-17-21(22)25-18-20-19-26-28(23,24)27-20/h6-7,9-10,20H,2-5,8,11-19H2,1H3,(H,23,24). The number of hydrogen-bond donors (Lipinski definition) is 1. The molecule has 0 amide bonds. The zero-order valence-electron chi connectivity index (χ0n) is 17.2. The second-order valence-corrected chi connectivity index (χ2v) is 8.56. The van der Waals surface area contributed by atoms with Crippen LogP contribution in [0, 0.1) is 0 Å². The van der Waals surface area contributed by atoms with Crippen molar-refractivity contribution in [1.82, 2.24) is 0 Å². The number of esters is 1. The first kappa shape index (κ1) is 25.1. The number of rotatable bonds is 16. The fourth-order valence-electron chi connectivity index (χ4n) is 2.84. The van der Waals surface area contributed by atoms with Gasteiger partial charge < -0.3 is 9.63 Å². The first-order chi connectivity index (χ1) is 13.5. The van der Waals surface area contributed by atoms with Crippen molar-refractivity contribution in [3.63, 3.8) is 0 Å². The molecule has 1 heterocycles. The van der Waals surface area contributed by atoms with Gasteiger partial charge in [0.2, 0.25) is 0 Å². The van der Waals surface area contributed by atoms with E-state index in [9.17, 15) is 9.36 Å². The predicted octanol–water partition coefficient (Wildman–Crippen LogP) is 5.86. The van der Waals surface area contributed by atoms with Crippen LogP contribution in [-0.2, 0) is 23.1 Å². The van der Waals surface area contributed by atoms with E-state index in [0.717, 1.165) is 32.1 Å². The van der Waals surface area contributed by atoms with Gasteiger partial charge in [-0.15, -0.1) is 0 Å². The minimum absolute atomic E-state index is 0.0231. The van der Waals surface area contributed by atoms with Gasteiger partial charge in [0.1, 0.15) is 12.7 Å². The lowest BCUT2D eigenvalue weighted by molar-refractivity contribution is -0.146. The third-order valence-corrected chi connectivity index (χ3v) is 5.51. The Bertz CT molecular complexity index is 517.